The third kappa shape index (κ3) is 5.07. The van der Waals surface area contributed by atoms with Crippen molar-refractivity contribution in [3.05, 3.63) is 0 Å². The molecule has 0 aliphatic heterocycles. The second kappa shape index (κ2) is 4.40. The normalized spacial score (nSPS) is 14.1. The van der Waals surface area contributed by atoms with Gasteiger partial charge in [0.15, 0.2) is 6.17 Å². The van der Waals surface area contributed by atoms with Gasteiger partial charge in [-0.25, -0.2) is 9.18 Å². The number of ether oxygens (including phenoxy) is 1. The summed E-state index contributed by atoms with van der Waals surface area (Å²) < 4.78 is 17.6. The third-order valence-electron chi connectivity index (χ3n) is 1.08. The Hall–Kier alpha value is -0.640. The number of hydrogen-bond donors (Lipinski definition) is 1. The highest BCUT2D eigenvalue weighted by Gasteiger charge is 2.23. The molecule has 0 aromatic rings. The van der Waals surface area contributed by atoms with Gasteiger partial charge in [-0.1, -0.05) is 0 Å². The largest absolute Gasteiger partial charge is 0.458 e. The lowest BCUT2D eigenvalue weighted by Crippen LogP contribution is -2.30. The summed E-state index contributed by atoms with van der Waals surface area (Å²) in [4.78, 5) is 10.9. The fourth-order valence-corrected chi connectivity index (χ4v) is 0.630. The van der Waals surface area contributed by atoms with Crippen LogP contribution in [-0.2, 0) is 9.53 Å². The zero-order chi connectivity index (χ0) is 9.78. The van der Waals surface area contributed by atoms with E-state index in [1.807, 2.05) is 0 Å². The highest BCUT2D eigenvalue weighted by atomic mass is 19.1. The van der Waals surface area contributed by atoms with Crippen molar-refractivity contribution >= 4 is 5.97 Å². The maximum Gasteiger partial charge on any atom is 0.341 e. The highest BCUT2D eigenvalue weighted by Crippen LogP contribution is 2.10. The Morgan fingerprint density at radius 3 is 2.42 bits per heavy atom. The Morgan fingerprint density at radius 2 is 2.08 bits per heavy atom. The lowest BCUT2D eigenvalue weighted by Gasteiger charge is -2.20. The topological polar surface area (TPSA) is 52.3 Å². The van der Waals surface area contributed by atoms with Crippen molar-refractivity contribution < 1.29 is 13.9 Å². The molecule has 0 saturated heterocycles. The highest BCUT2D eigenvalue weighted by molar-refractivity contribution is 5.74. The summed E-state index contributed by atoms with van der Waals surface area (Å²) in [7, 11) is 0. The average Bonchev–Trinajstić information content (AvgIpc) is 1.84. The number of hydrogen-bond acceptors (Lipinski definition) is 3. The first-order valence-electron chi connectivity index (χ1n) is 3.94. The fourth-order valence-electron chi connectivity index (χ4n) is 0.630. The van der Waals surface area contributed by atoms with Gasteiger partial charge in [0.1, 0.15) is 5.60 Å². The smallest absolute Gasteiger partial charge is 0.341 e. The molecule has 0 amide bonds. The Balaban J connectivity index is 3.87. The van der Waals surface area contributed by atoms with Gasteiger partial charge in [0.2, 0.25) is 0 Å². The monoisotopic (exact) mass is 177 g/mol. The molecule has 1 atom stereocenters. The summed E-state index contributed by atoms with van der Waals surface area (Å²) in [5.41, 5.74) is 4.45. The van der Waals surface area contributed by atoms with Crippen molar-refractivity contribution in [1.82, 2.24) is 0 Å². The predicted octanol–water partition coefficient (Wildman–Crippen LogP) is 1.01. The summed E-state index contributed by atoms with van der Waals surface area (Å²) >= 11 is 0. The molecule has 72 valence electrons. The first-order valence-corrected chi connectivity index (χ1v) is 3.94. The maximum atomic E-state index is 12.8. The zero-order valence-electron chi connectivity index (χ0n) is 7.76. The van der Waals surface area contributed by atoms with Crippen LogP contribution in [0.4, 0.5) is 4.39 Å². The van der Waals surface area contributed by atoms with E-state index in [0.717, 1.165) is 0 Å². The van der Waals surface area contributed by atoms with Crippen molar-refractivity contribution in [2.75, 3.05) is 6.54 Å². The molecule has 3 nitrogen and oxygen atoms in total. The molecule has 12 heavy (non-hydrogen) atoms. The van der Waals surface area contributed by atoms with Crippen LogP contribution in [0.5, 0.6) is 0 Å². The molecule has 0 bridgehead atoms. The van der Waals surface area contributed by atoms with Crippen LogP contribution in [0.25, 0.3) is 0 Å². The molecule has 1 unspecified atom stereocenters. The quantitative estimate of drug-likeness (QED) is 0.655. The number of rotatable bonds is 3. The molecular weight excluding hydrogens is 161 g/mol. The fraction of sp³-hybridized carbons (Fsp3) is 0.875. The molecule has 0 aromatic carbocycles. The molecule has 0 radical (unpaired) electrons. The second-order valence-corrected chi connectivity index (χ2v) is 3.58. The lowest BCUT2D eigenvalue weighted by atomic mass is 10.2. The summed E-state index contributed by atoms with van der Waals surface area (Å²) in [5, 5.41) is 0. The van der Waals surface area contributed by atoms with Gasteiger partial charge in [-0.05, 0) is 27.3 Å². The number of alkyl halides is 1. The zero-order valence-corrected chi connectivity index (χ0v) is 7.76. The Bertz CT molecular complexity index is 154. The first-order chi connectivity index (χ1) is 5.37. The van der Waals surface area contributed by atoms with Gasteiger partial charge in [-0.3, -0.25) is 0 Å². The van der Waals surface area contributed by atoms with E-state index in [-0.39, 0.29) is 13.0 Å². The van der Waals surface area contributed by atoms with Gasteiger partial charge >= 0.3 is 5.97 Å². The van der Waals surface area contributed by atoms with Crippen molar-refractivity contribution in [1.29, 1.82) is 0 Å². The van der Waals surface area contributed by atoms with E-state index in [9.17, 15) is 9.18 Å². The minimum absolute atomic E-state index is 0.0227. The molecule has 0 rings (SSSR count). The lowest BCUT2D eigenvalue weighted by molar-refractivity contribution is -0.161. The van der Waals surface area contributed by atoms with E-state index >= 15 is 0 Å². The summed E-state index contributed by atoms with van der Waals surface area (Å²) in [6.45, 7) is 5.24. The minimum atomic E-state index is -1.59. The Morgan fingerprint density at radius 1 is 1.58 bits per heavy atom. The minimum Gasteiger partial charge on any atom is -0.458 e. The van der Waals surface area contributed by atoms with E-state index in [4.69, 9.17) is 10.5 Å². The number of nitrogens with two attached hydrogens (primary N) is 1. The Kier molecular flexibility index (Phi) is 4.17. The average molecular weight is 177 g/mol. The number of halogens is 1. The summed E-state index contributed by atoms with van der Waals surface area (Å²) in [5.74, 6) is -0.826. The number of carbonyl (C=O) groups excluding carboxylic acids is 1. The molecule has 0 fully saturated rings. The van der Waals surface area contributed by atoms with Crippen molar-refractivity contribution in [3.8, 4) is 0 Å². The second-order valence-electron chi connectivity index (χ2n) is 3.58. The molecular formula is C8H16FNO2. The van der Waals surface area contributed by atoms with Crippen LogP contribution in [0.2, 0.25) is 0 Å². The van der Waals surface area contributed by atoms with Crippen LogP contribution < -0.4 is 5.73 Å². The van der Waals surface area contributed by atoms with E-state index < -0.39 is 17.7 Å². The summed E-state index contributed by atoms with van der Waals surface area (Å²) in [6.07, 6.45) is -1.57. The van der Waals surface area contributed by atoms with E-state index in [2.05, 4.69) is 0 Å². The molecule has 4 heteroatoms. The molecule has 0 saturated carbocycles. The van der Waals surface area contributed by atoms with Gasteiger partial charge in [-0.2, -0.15) is 0 Å². The molecule has 0 aliphatic rings. The van der Waals surface area contributed by atoms with E-state index in [1.54, 1.807) is 20.8 Å². The Labute approximate surface area is 72.1 Å². The third-order valence-corrected chi connectivity index (χ3v) is 1.08. The molecule has 0 aliphatic carbocycles. The molecule has 0 heterocycles. The molecule has 2 N–H and O–H groups in total. The van der Waals surface area contributed by atoms with Gasteiger partial charge < -0.3 is 10.5 Å². The van der Waals surface area contributed by atoms with Gasteiger partial charge in [0.25, 0.3) is 0 Å². The predicted molar refractivity (Wildman–Crippen MR) is 44.4 cm³/mol. The van der Waals surface area contributed by atoms with Crippen LogP contribution in [0.15, 0.2) is 0 Å². The van der Waals surface area contributed by atoms with Crippen LogP contribution in [0.3, 0.4) is 0 Å². The van der Waals surface area contributed by atoms with Crippen LogP contribution in [-0.4, -0.2) is 24.3 Å². The van der Waals surface area contributed by atoms with Gasteiger partial charge in [0.05, 0.1) is 0 Å². The van der Waals surface area contributed by atoms with Crippen LogP contribution in [0, 0.1) is 0 Å². The van der Waals surface area contributed by atoms with Crippen LogP contribution in [0.1, 0.15) is 27.2 Å². The SMILES string of the molecule is CC(C)(C)OC(=O)C(F)CCN. The van der Waals surface area contributed by atoms with Crippen LogP contribution >= 0.6 is 0 Å². The first kappa shape index (κ1) is 11.4. The standard InChI is InChI=1S/C8H16FNO2/c1-8(2,3)12-7(11)6(9)4-5-10/h6H,4-5,10H2,1-3H3. The van der Waals surface area contributed by atoms with Crippen molar-refractivity contribution in [2.45, 2.75) is 39.0 Å². The van der Waals surface area contributed by atoms with Gasteiger partial charge in [-0.15, -0.1) is 0 Å². The molecule has 0 aromatic heterocycles. The van der Waals surface area contributed by atoms with Gasteiger partial charge in [0, 0.05) is 6.42 Å². The van der Waals surface area contributed by atoms with Crippen molar-refractivity contribution in [2.24, 2.45) is 5.73 Å². The maximum absolute atomic E-state index is 12.8. The van der Waals surface area contributed by atoms with E-state index in [0.29, 0.717) is 0 Å². The van der Waals surface area contributed by atoms with Crippen molar-refractivity contribution in [3.63, 3.8) is 0 Å². The number of carbonyl (C=O) groups is 1. The van der Waals surface area contributed by atoms with E-state index in [1.165, 1.54) is 0 Å². The molecule has 0 spiro atoms. The number of esters is 1. The summed E-state index contributed by atoms with van der Waals surface area (Å²) in [6, 6.07) is 0.